The van der Waals surface area contributed by atoms with Crippen LogP contribution in [0, 0.1) is 11.8 Å². The Morgan fingerprint density at radius 1 is 1.38 bits per heavy atom. The molecule has 1 rings (SSSR count). The Bertz CT molecular complexity index is 510. The summed E-state index contributed by atoms with van der Waals surface area (Å²) in [6.07, 6.45) is -2.47. The zero-order valence-electron chi connectivity index (χ0n) is 11.6. The van der Waals surface area contributed by atoms with Gasteiger partial charge in [-0.1, -0.05) is 30.0 Å². The van der Waals surface area contributed by atoms with Gasteiger partial charge in [0.25, 0.3) is 6.43 Å². The van der Waals surface area contributed by atoms with E-state index in [9.17, 15) is 13.6 Å². The molecule has 0 spiro atoms. The number of alkyl halides is 2. The first kappa shape index (κ1) is 17.1. The molecule has 0 fully saturated rings. The van der Waals surface area contributed by atoms with Gasteiger partial charge in [-0.2, -0.15) is 0 Å². The van der Waals surface area contributed by atoms with Crippen molar-refractivity contribution in [2.75, 3.05) is 19.8 Å². The molecule has 0 saturated carbocycles. The summed E-state index contributed by atoms with van der Waals surface area (Å²) in [4.78, 5) is 11.6. The molecule has 0 saturated heterocycles. The fourth-order valence-corrected chi connectivity index (χ4v) is 1.56. The highest BCUT2D eigenvalue weighted by atomic mass is 19.3. The summed E-state index contributed by atoms with van der Waals surface area (Å²) in [5.41, 5.74) is 7.01. The van der Waals surface area contributed by atoms with Crippen LogP contribution < -0.4 is 11.1 Å². The number of amides is 1. The lowest BCUT2D eigenvalue weighted by Crippen LogP contribution is -2.24. The quantitative estimate of drug-likeness (QED) is 0.588. The molecule has 1 amide bonds. The van der Waals surface area contributed by atoms with Crippen molar-refractivity contribution in [1.29, 1.82) is 0 Å². The highest BCUT2D eigenvalue weighted by Crippen LogP contribution is 2.07. The molecule has 6 heteroatoms. The van der Waals surface area contributed by atoms with Crippen molar-refractivity contribution in [3.63, 3.8) is 0 Å². The van der Waals surface area contributed by atoms with Gasteiger partial charge in [-0.25, -0.2) is 8.78 Å². The second kappa shape index (κ2) is 9.86. The number of rotatable bonds is 7. The third-order valence-electron chi connectivity index (χ3n) is 2.54. The van der Waals surface area contributed by atoms with E-state index in [0.29, 0.717) is 6.54 Å². The SMILES string of the molecule is NCC#Cc1ccccc1CNC(=O)CCOCC(F)F. The molecule has 4 nitrogen and oxygen atoms in total. The number of carbonyl (C=O) groups is 1. The van der Waals surface area contributed by atoms with E-state index in [-0.39, 0.29) is 25.5 Å². The van der Waals surface area contributed by atoms with E-state index in [1.165, 1.54) is 0 Å². The lowest BCUT2D eigenvalue weighted by atomic mass is 10.1. The van der Waals surface area contributed by atoms with Gasteiger partial charge in [0.2, 0.25) is 5.91 Å². The van der Waals surface area contributed by atoms with Crippen LogP contribution in [0.4, 0.5) is 8.78 Å². The summed E-state index contributed by atoms with van der Waals surface area (Å²) in [6, 6.07) is 7.40. The van der Waals surface area contributed by atoms with Crippen molar-refractivity contribution >= 4 is 5.91 Å². The van der Waals surface area contributed by atoms with Crippen molar-refractivity contribution in [3.05, 3.63) is 35.4 Å². The number of halogens is 2. The zero-order valence-corrected chi connectivity index (χ0v) is 11.6. The second-order valence-electron chi connectivity index (χ2n) is 4.16. The summed E-state index contributed by atoms with van der Waals surface area (Å²) < 4.78 is 28.3. The topological polar surface area (TPSA) is 64.3 Å². The van der Waals surface area contributed by atoms with Gasteiger partial charge in [-0.15, -0.1) is 0 Å². The smallest absolute Gasteiger partial charge is 0.261 e. The molecule has 3 N–H and O–H groups in total. The molecule has 1 aromatic carbocycles. The highest BCUT2D eigenvalue weighted by Gasteiger charge is 2.06. The maximum atomic E-state index is 11.8. The summed E-state index contributed by atoms with van der Waals surface area (Å²) in [6.45, 7) is -0.0825. The van der Waals surface area contributed by atoms with Gasteiger partial charge >= 0.3 is 0 Å². The van der Waals surface area contributed by atoms with E-state index in [1.54, 1.807) is 0 Å². The Morgan fingerprint density at radius 3 is 2.86 bits per heavy atom. The first-order valence-corrected chi connectivity index (χ1v) is 6.53. The van der Waals surface area contributed by atoms with Crippen LogP contribution in [0.1, 0.15) is 17.5 Å². The number of nitrogens with two attached hydrogens (primary N) is 1. The lowest BCUT2D eigenvalue weighted by Gasteiger charge is -2.07. The van der Waals surface area contributed by atoms with Crippen LogP contribution in [-0.4, -0.2) is 32.1 Å². The Hall–Kier alpha value is -1.97. The van der Waals surface area contributed by atoms with Crippen molar-refractivity contribution in [1.82, 2.24) is 5.32 Å². The molecule has 0 radical (unpaired) electrons. The van der Waals surface area contributed by atoms with E-state index < -0.39 is 13.0 Å². The molecule has 0 atom stereocenters. The van der Waals surface area contributed by atoms with Crippen molar-refractivity contribution < 1.29 is 18.3 Å². The lowest BCUT2D eigenvalue weighted by molar-refractivity contribution is -0.122. The summed E-state index contributed by atoms with van der Waals surface area (Å²) >= 11 is 0. The third-order valence-corrected chi connectivity index (χ3v) is 2.54. The predicted octanol–water partition coefficient (Wildman–Crippen LogP) is 1.28. The maximum Gasteiger partial charge on any atom is 0.261 e. The number of ether oxygens (including phenoxy) is 1. The van der Waals surface area contributed by atoms with Gasteiger partial charge < -0.3 is 15.8 Å². The molecule has 0 aromatic heterocycles. The standard InChI is InChI=1S/C15H18F2N2O2/c16-14(17)11-21-9-7-15(20)19-10-13-5-2-1-4-12(13)6-3-8-18/h1-2,4-5,14H,7-11,18H2,(H,19,20). The van der Waals surface area contributed by atoms with Crippen LogP contribution in [0.3, 0.4) is 0 Å². The number of benzene rings is 1. The first-order valence-electron chi connectivity index (χ1n) is 6.53. The number of hydrogen-bond acceptors (Lipinski definition) is 3. The third kappa shape index (κ3) is 7.40. The van der Waals surface area contributed by atoms with Crippen LogP contribution in [0.25, 0.3) is 0 Å². The molecular weight excluding hydrogens is 278 g/mol. The summed E-state index contributed by atoms with van der Waals surface area (Å²) in [7, 11) is 0. The van der Waals surface area contributed by atoms with Gasteiger partial charge in [0, 0.05) is 18.5 Å². The minimum Gasteiger partial charge on any atom is -0.375 e. The Balaban J connectivity index is 2.39. The van der Waals surface area contributed by atoms with E-state index in [1.807, 2.05) is 24.3 Å². The molecule has 0 heterocycles. The number of hydrogen-bond donors (Lipinski definition) is 2. The fraction of sp³-hybridized carbons (Fsp3) is 0.400. The molecule has 0 bridgehead atoms. The molecular formula is C15H18F2N2O2. The van der Waals surface area contributed by atoms with Gasteiger partial charge in [0.05, 0.1) is 13.2 Å². The fourth-order valence-electron chi connectivity index (χ4n) is 1.56. The van der Waals surface area contributed by atoms with Crippen LogP contribution in [0.15, 0.2) is 24.3 Å². The summed E-state index contributed by atoms with van der Waals surface area (Å²) in [5, 5.41) is 2.70. The average molecular weight is 296 g/mol. The Kier molecular flexibility index (Phi) is 8.02. The Morgan fingerprint density at radius 2 is 2.14 bits per heavy atom. The molecule has 1 aromatic rings. The molecule has 0 aliphatic rings. The van der Waals surface area contributed by atoms with E-state index in [2.05, 4.69) is 21.9 Å². The van der Waals surface area contributed by atoms with Crippen LogP contribution >= 0.6 is 0 Å². The Labute approximate surface area is 122 Å². The summed E-state index contributed by atoms with van der Waals surface area (Å²) in [5.74, 6) is 5.43. The maximum absolute atomic E-state index is 11.8. The van der Waals surface area contributed by atoms with Crippen LogP contribution in [0.5, 0.6) is 0 Å². The van der Waals surface area contributed by atoms with Gasteiger partial charge in [0.15, 0.2) is 0 Å². The minimum absolute atomic E-state index is 0.0230. The molecule has 0 aliphatic carbocycles. The van der Waals surface area contributed by atoms with E-state index in [0.717, 1.165) is 11.1 Å². The van der Waals surface area contributed by atoms with Gasteiger partial charge in [0.1, 0.15) is 6.61 Å². The average Bonchev–Trinajstić information content (AvgIpc) is 2.48. The largest absolute Gasteiger partial charge is 0.375 e. The molecule has 114 valence electrons. The predicted molar refractivity (Wildman–Crippen MR) is 75.7 cm³/mol. The second-order valence-corrected chi connectivity index (χ2v) is 4.16. The van der Waals surface area contributed by atoms with Crippen LogP contribution in [-0.2, 0) is 16.1 Å². The number of carbonyl (C=O) groups excluding carboxylic acids is 1. The van der Waals surface area contributed by atoms with Gasteiger partial charge in [-0.05, 0) is 11.6 Å². The first-order chi connectivity index (χ1) is 10.1. The van der Waals surface area contributed by atoms with Gasteiger partial charge in [-0.3, -0.25) is 4.79 Å². The van der Waals surface area contributed by atoms with E-state index in [4.69, 9.17) is 5.73 Å². The minimum atomic E-state index is -2.51. The van der Waals surface area contributed by atoms with Crippen molar-refractivity contribution in [3.8, 4) is 11.8 Å². The number of nitrogens with one attached hydrogen (secondary N) is 1. The van der Waals surface area contributed by atoms with Crippen molar-refractivity contribution in [2.45, 2.75) is 19.4 Å². The monoisotopic (exact) mass is 296 g/mol. The molecule has 0 unspecified atom stereocenters. The van der Waals surface area contributed by atoms with Crippen LogP contribution in [0.2, 0.25) is 0 Å². The zero-order chi connectivity index (χ0) is 15.5. The van der Waals surface area contributed by atoms with Crippen molar-refractivity contribution in [2.24, 2.45) is 5.73 Å². The highest BCUT2D eigenvalue weighted by molar-refractivity contribution is 5.76. The normalized spacial score (nSPS) is 10.1. The van der Waals surface area contributed by atoms with E-state index >= 15 is 0 Å². The molecule has 21 heavy (non-hydrogen) atoms. The molecule has 0 aliphatic heterocycles.